The van der Waals surface area contributed by atoms with E-state index in [1.165, 1.54) is 0 Å². The van der Waals surface area contributed by atoms with E-state index < -0.39 is 11.3 Å². The van der Waals surface area contributed by atoms with E-state index in [1.54, 1.807) is 18.5 Å². The Balaban J connectivity index is 0.000000257. The van der Waals surface area contributed by atoms with Crippen LogP contribution in [0.4, 0.5) is 11.4 Å². The van der Waals surface area contributed by atoms with E-state index in [4.69, 9.17) is 51.2 Å². The molecule has 2 aliphatic heterocycles. The molecular formula is C22H29ClN6O2S2. The van der Waals surface area contributed by atoms with Crippen LogP contribution in [0, 0.1) is 0 Å². The van der Waals surface area contributed by atoms with Crippen LogP contribution in [-0.4, -0.2) is 47.1 Å². The lowest BCUT2D eigenvalue weighted by Crippen LogP contribution is -2.50. The fraction of sp³-hybridized carbons (Fsp3) is 0.364. The van der Waals surface area contributed by atoms with Crippen molar-refractivity contribution in [2.45, 2.75) is 39.0 Å². The monoisotopic (exact) mass is 508 g/mol. The van der Waals surface area contributed by atoms with E-state index in [-0.39, 0.29) is 0 Å². The predicted octanol–water partition coefficient (Wildman–Crippen LogP) is 4.10. The number of nitrogens with zero attached hydrogens (tertiary/aromatic N) is 2. The zero-order valence-corrected chi connectivity index (χ0v) is 21.4. The molecule has 33 heavy (non-hydrogen) atoms. The molecule has 2 heterocycles. The highest BCUT2D eigenvalue weighted by Gasteiger charge is 2.32. The second-order valence-electron chi connectivity index (χ2n) is 7.20. The number of ether oxygens (including phenoxy) is 2. The number of benzene rings is 1. The number of thiocarbonyl (C=S) groups is 2. The lowest BCUT2D eigenvalue weighted by Gasteiger charge is -2.31. The fourth-order valence-electron chi connectivity index (χ4n) is 2.73. The third-order valence-corrected chi connectivity index (χ3v) is 5.70. The Morgan fingerprint density at radius 2 is 1.55 bits per heavy atom. The number of anilines is 2. The SMILES string of the molecule is CCOC(=S)C1(C)N=CC=C(Cl)N1.CCOC(=S)C1(C)N=CC=C(Nc2ccccc2N)N1. The van der Waals surface area contributed by atoms with Crippen LogP contribution in [0.5, 0.6) is 0 Å². The van der Waals surface area contributed by atoms with Crippen molar-refractivity contribution in [2.24, 2.45) is 9.98 Å². The minimum Gasteiger partial charge on any atom is -0.484 e. The highest BCUT2D eigenvalue weighted by atomic mass is 35.5. The van der Waals surface area contributed by atoms with Crippen molar-refractivity contribution >= 4 is 69.9 Å². The van der Waals surface area contributed by atoms with Gasteiger partial charge in [-0.15, -0.1) is 0 Å². The predicted molar refractivity (Wildman–Crippen MR) is 145 cm³/mol. The summed E-state index contributed by atoms with van der Waals surface area (Å²) in [5, 5.41) is 10.7. The standard InChI is InChI=1S/C14H18N4OS.C8H11ClN2OS/c1-3-19-13(20)14(2)16-9-8-12(18-14)17-11-7-5-4-6-10(11)15;1-3-12-7(13)8(2)10-5-4-6(9)11-8/h4-9,17-18H,3,15H2,1-2H3;4-5,11H,3H2,1-2H3. The van der Waals surface area contributed by atoms with Crippen molar-refractivity contribution in [1.82, 2.24) is 10.6 Å². The maximum absolute atomic E-state index is 5.91. The van der Waals surface area contributed by atoms with Crippen LogP contribution in [0.25, 0.3) is 0 Å². The van der Waals surface area contributed by atoms with Crippen LogP contribution in [0.3, 0.4) is 0 Å². The quantitative estimate of drug-likeness (QED) is 0.258. The van der Waals surface area contributed by atoms with Crippen molar-refractivity contribution in [2.75, 3.05) is 24.3 Å². The van der Waals surface area contributed by atoms with Gasteiger partial charge in [-0.25, -0.2) is 0 Å². The summed E-state index contributed by atoms with van der Waals surface area (Å²) in [6.07, 6.45) is 6.80. The molecule has 0 fully saturated rings. The highest BCUT2D eigenvalue weighted by molar-refractivity contribution is 7.80. The average molecular weight is 509 g/mol. The third-order valence-electron chi connectivity index (χ3n) is 4.44. The van der Waals surface area contributed by atoms with Gasteiger partial charge < -0.3 is 31.2 Å². The van der Waals surface area contributed by atoms with E-state index in [2.05, 4.69) is 25.9 Å². The minimum absolute atomic E-state index is 0.400. The Labute approximate surface area is 210 Å². The smallest absolute Gasteiger partial charge is 0.208 e. The molecule has 3 rings (SSSR count). The summed E-state index contributed by atoms with van der Waals surface area (Å²) in [4.78, 5) is 8.51. The first-order chi connectivity index (χ1) is 15.6. The number of nitrogen functional groups attached to an aromatic ring is 1. The normalized spacial score (nSPS) is 22.9. The van der Waals surface area contributed by atoms with Crippen LogP contribution in [0.2, 0.25) is 0 Å². The van der Waals surface area contributed by atoms with Crippen LogP contribution in [-0.2, 0) is 9.47 Å². The van der Waals surface area contributed by atoms with Gasteiger partial charge in [-0.2, -0.15) is 0 Å². The van der Waals surface area contributed by atoms with Crippen LogP contribution < -0.4 is 21.7 Å². The summed E-state index contributed by atoms with van der Waals surface area (Å²) in [5.41, 5.74) is 5.94. The Kier molecular flexibility index (Phi) is 9.63. The van der Waals surface area contributed by atoms with E-state index >= 15 is 0 Å². The molecule has 0 saturated carbocycles. The van der Waals surface area contributed by atoms with Gasteiger partial charge in [0.2, 0.25) is 10.1 Å². The molecule has 8 nitrogen and oxygen atoms in total. The lowest BCUT2D eigenvalue weighted by molar-refractivity contribution is 0.294. The molecule has 5 N–H and O–H groups in total. The molecule has 0 bridgehead atoms. The van der Waals surface area contributed by atoms with Gasteiger partial charge in [-0.1, -0.05) is 23.7 Å². The summed E-state index contributed by atoms with van der Waals surface area (Å²) in [5.74, 6) is 0.766. The number of para-hydroxylation sites is 2. The van der Waals surface area contributed by atoms with Crippen molar-refractivity contribution in [1.29, 1.82) is 0 Å². The second kappa shape index (κ2) is 12.0. The molecule has 2 aliphatic rings. The van der Waals surface area contributed by atoms with Crippen LogP contribution in [0.15, 0.2) is 57.4 Å². The summed E-state index contributed by atoms with van der Waals surface area (Å²) in [7, 11) is 0. The zero-order valence-electron chi connectivity index (χ0n) is 19.0. The van der Waals surface area contributed by atoms with E-state index in [0.717, 1.165) is 11.5 Å². The van der Waals surface area contributed by atoms with E-state index in [1.807, 2.05) is 58.0 Å². The van der Waals surface area contributed by atoms with Gasteiger partial charge in [0.25, 0.3) is 0 Å². The molecule has 0 aromatic heterocycles. The summed E-state index contributed by atoms with van der Waals surface area (Å²) in [6, 6.07) is 7.55. The molecule has 0 saturated heterocycles. The molecule has 2 atom stereocenters. The highest BCUT2D eigenvalue weighted by Crippen LogP contribution is 2.21. The van der Waals surface area contributed by atoms with Gasteiger partial charge in [0.1, 0.15) is 11.0 Å². The third kappa shape index (κ3) is 7.41. The molecule has 1 aromatic carbocycles. The average Bonchev–Trinajstić information content (AvgIpc) is 2.76. The molecule has 11 heteroatoms. The first-order valence-electron chi connectivity index (χ1n) is 10.3. The minimum atomic E-state index is -0.758. The van der Waals surface area contributed by atoms with Gasteiger partial charge in [0, 0.05) is 12.4 Å². The van der Waals surface area contributed by atoms with Crippen molar-refractivity contribution in [3.8, 4) is 0 Å². The Bertz CT molecular complexity index is 997. The molecule has 1 aromatic rings. The Morgan fingerprint density at radius 1 is 1.00 bits per heavy atom. The number of nitrogens with one attached hydrogen (secondary N) is 3. The second-order valence-corrected chi connectivity index (χ2v) is 8.35. The first-order valence-corrected chi connectivity index (χ1v) is 11.5. The largest absolute Gasteiger partial charge is 0.484 e. The van der Waals surface area contributed by atoms with Crippen molar-refractivity contribution in [3.63, 3.8) is 0 Å². The van der Waals surface area contributed by atoms with Gasteiger partial charge in [-0.3, -0.25) is 9.98 Å². The zero-order chi connectivity index (χ0) is 24.5. The summed E-state index contributed by atoms with van der Waals surface area (Å²) >= 11 is 16.1. The van der Waals surface area contributed by atoms with E-state index in [0.29, 0.717) is 34.2 Å². The number of allylic oxidation sites excluding steroid dienone is 2. The van der Waals surface area contributed by atoms with Gasteiger partial charge in [0.15, 0.2) is 11.3 Å². The Hall–Kier alpha value is -2.69. The van der Waals surface area contributed by atoms with Gasteiger partial charge in [-0.05, 0) is 76.4 Å². The van der Waals surface area contributed by atoms with Gasteiger partial charge >= 0.3 is 0 Å². The number of nitrogens with two attached hydrogens (primary N) is 1. The molecule has 0 spiro atoms. The lowest BCUT2D eigenvalue weighted by atomic mass is 10.2. The number of rotatable bonds is 6. The number of hydrogen-bond donors (Lipinski definition) is 4. The molecule has 0 aliphatic carbocycles. The van der Waals surface area contributed by atoms with E-state index in [9.17, 15) is 0 Å². The molecular weight excluding hydrogens is 480 g/mol. The number of aliphatic imine (C=N–C) groups is 2. The summed E-state index contributed by atoms with van der Waals surface area (Å²) < 4.78 is 10.6. The molecule has 0 amide bonds. The van der Waals surface area contributed by atoms with Crippen LogP contribution >= 0.6 is 36.0 Å². The van der Waals surface area contributed by atoms with Crippen molar-refractivity contribution < 1.29 is 9.47 Å². The molecule has 0 radical (unpaired) electrons. The maximum atomic E-state index is 5.91. The van der Waals surface area contributed by atoms with Crippen LogP contribution in [0.1, 0.15) is 27.7 Å². The number of halogens is 1. The fourth-order valence-corrected chi connectivity index (χ4v) is 3.42. The maximum Gasteiger partial charge on any atom is 0.208 e. The first kappa shape index (κ1) is 26.6. The number of hydrogen-bond acceptors (Lipinski definition) is 10. The van der Waals surface area contributed by atoms with Gasteiger partial charge in [0.05, 0.1) is 24.6 Å². The molecule has 178 valence electrons. The van der Waals surface area contributed by atoms with Crippen molar-refractivity contribution in [3.05, 3.63) is 47.4 Å². The Morgan fingerprint density at radius 3 is 2.09 bits per heavy atom. The molecule has 2 unspecified atom stereocenters. The topological polar surface area (TPSA) is 105 Å². The summed E-state index contributed by atoms with van der Waals surface area (Å²) in [6.45, 7) is 8.50.